The Morgan fingerprint density at radius 3 is 1.92 bits per heavy atom. The Bertz CT molecular complexity index is 589. The maximum Gasteiger partial charge on any atom is 0.324 e. The molecule has 0 amide bonds. The highest BCUT2D eigenvalue weighted by atomic mass is 16.6. The van der Waals surface area contributed by atoms with Crippen molar-refractivity contribution in [1.29, 1.82) is 0 Å². The van der Waals surface area contributed by atoms with Gasteiger partial charge in [-0.2, -0.15) is 0 Å². The third-order valence-corrected chi connectivity index (χ3v) is 4.08. The van der Waals surface area contributed by atoms with Gasteiger partial charge in [-0.05, 0) is 38.3 Å². The molecule has 1 N–H and O–H groups in total. The van der Waals surface area contributed by atoms with Crippen LogP contribution >= 0.6 is 0 Å². The second kappa shape index (κ2) is 8.47. The van der Waals surface area contributed by atoms with Crippen LogP contribution in [0.5, 0.6) is 0 Å². The van der Waals surface area contributed by atoms with Crippen LogP contribution in [0.2, 0.25) is 0 Å². The first-order valence-electron chi connectivity index (χ1n) is 7.99. The van der Waals surface area contributed by atoms with Gasteiger partial charge in [0, 0.05) is 0 Å². The van der Waals surface area contributed by atoms with Crippen LogP contribution in [0, 0.1) is 12.3 Å². The fourth-order valence-corrected chi connectivity index (χ4v) is 2.85. The van der Waals surface area contributed by atoms with Crippen LogP contribution in [0.15, 0.2) is 24.3 Å². The summed E-state index contributed by atoms with van der Waals surface area (Å²) in [5.41, 5.74) is -0.853. The van der Waals surface area contributed by atoms with E-state index in [0.717, 1.165) is 0 Å². The molecule has 1 rings (SSSR count). The molecule has 0 saturated heterocycles. The molecule has 1 atom stereocenters. The minimum absolute atomic E-state index is 0.0418. The zero-order chi connectivity index (χ0) is 18.3. The Hall–Kier alpha value is -2.37. The van der Waals surface area contributed by atoms with Crippen LogP contribution in [-0.2, 0) is 23.9 Å². The van der Waals surface area contributed by atoms with Gasteiger partial charge in [0.05, 0.1) is 13.2 Å². The number of benzene rings is 1. The van der Waals surface area contributed by atoms with Gasteiger partial charge in [0.25, 0.3) is 0 Å². The third-order valence-electron chi connectivity index (χ3n) is 4.08. The van der Waals surface area contributed by atoms with Crippen molar-refractivity contribution in [2.75, 3.05) is 13.2 Å². The zero-order valence-corrected chi connectivity index (χ0v) is 14.5. The number of carbonyl (C=O) groups is 3. The van der Waals surface area contributed by atoms with E-state index in [1.165, 1.54) is 0 Å². The maximum absolute atomic E-state index is 12.7. The van der Waals surface area contributed by atoms with E-state index in [0.29, 0.717) is 11.1 Å². The van der Waals surface area contributed by atoms with E-state index >= 15 is 0 Å². The summed E-state index contributed by atoms with van der Waals surface area (Å²) in [5, 5.41) is 9.84. The lowest BCUT2D eigenvalue weighted by Crippen LogP contribution is -2.49. The van der Waals surface area contributed by atoms with E-state index in [4.69, 9.17) is 9.47 Å². The second-order valence-electron chi connectivity index (χ2n) is 5.39. The van der Waals surface area contributed by atoms with Crippen molar-refractivity contribution >= 4 is 17.9 Å². The van der Waals surface area contributed by atoms with Crippen molar-refractivity contribution < 1.29 is 29.0 Å². The summed E-state index contributed by atoms with van der Waals surface area (Å²) >= 11 is 0. The maximum atomic E-state index is 12.7. The summed E-state index contributed by atoms with van der Waals surface area (Å²) in [5.74, 6) is -4.41. The summed E-state index contributed by atoms with van der Waals surface area (Å²) in [7, 11) is 0. The Labute approximate surface area is 141 Å². The number of aliphatic carboxylic acids is 1. The highest BCUT2D eigenvalue weighted by Gasteiger charge is 2.57. The lowest BCUT2D eigenvalue weighted by Gasteiger charge is -2.34. The molecule has 24 heavy (non-hydrogen) atoms. The number of hydrogen-bond acceptors (Lipinski definition) is 5. The smallest absolute Gasteiger partial charge is 0.324 e. The Balaban J connectivity index is 3.63. The first-order chi connectivity index (χ1) is 11.4. The number of aryl methyl sites for hydroxylation is 1. The van der Waals surface area contributed by atoms with E-state index in [-0.39, 0.29) is 19.6 Å². The van der Waals surface area contributed by atoms with Crippen LogP contribution < -0.4 is 0 Å². The van der Waals surface area contributed by atoms with Gasteiger partial charge in [0.15, 0.2) is 5.41 Å². The van der Waals surface area contributed by atoms with Gasteiger partial charge in [0.2, 0.25) is 0 Å². The molecule has 0 aliphatic rings. The number of rotatable bonds is 8. The largest absolute Gasteiger partial charge is 0.481 e. The SMILES string of the molecule is CCOC(=O)C(CC)(C(=O)OCC)[C@@H](C(=O)O)c1ccccc1C. The lowest BCUT2D eigenvalue weighted by atomic mass is 9.69. The zero-order valence-electron chi connectivity index (χ0n) is 14.5. The highest BCUT2D eigenvalue weighted by molar-refractivity contribution is 6.05. The van der Waals surface area contributed by atoms with Crippen LogP contribution in [0.1, 0.15) is 44.2 Å². The fourth-order valence-electron chi connectivity index (χ4n) is 2.85. The average molecular weight is 336 g/mol. The van der Waals surface area contributed by atoms with Crippen LogP contribution in [0.4, 0.5) is 0 Å². The molecule has 1 aromatic rings. The minimum Gasteiger partial charge on any atom is -0.481 e. The molecule has 0 spiro atoms. The predicted octanol–water partition coefficient (Wildman–Crippen LogP) is 2.69. The summed E-state index contributed by atoms with van der Waals surface area (Å²) in [6.45, 7) is 6.62. The van der Waals surface area contributed by atoms with Gasteiger partial charge in [-0.3, -0.25) is 14.4 Å². The molecule has 6 heteroatoms. The molecule has 0 unspecified atom stereocenters. The van der Waals surface area contributed by atoms with E-state index in [2.05, 4.69) is 0 Å². The van der Waals surface area contributed by atoms with Crippen molar-refractivity contribution in [1.82, 2.24) is 0 Å². The van der Waals surface area contributed by atoms with E-state index in [9.17, 15) is 19.5 Å². The molecule has 0 radical (unpaired) electrons. The molecule has 0 bridgehead atoms. The summed E-state index contributed by atoms with van der Waals surface area (Å²) < 4.78 is 10.1. The van der Waals surface area contributed by atoms with Gasteiger partial charge in [-0.1, -0.05) is 31.2 Å². The van der Waals surface area contributed by atoms with Crippen molar-refractivity contribution in [3.63, 3.8) is 0 Å². The quantitative estimate of drug-likeness (QED) is 0.580. The monoisotopic (exact) mass is 336 g/mol. The molecule has 0 aromatic heterocycles. The van der Waals surface area contributed by atoms with E-state index < -0.39 is 29.2 Å². The molecular weight excluding hydrogens is 312 g/mol. The molecule has 6 nitrogen and oxygen atoms in total. The van der Waals surface area contributed by atoms with Crippen LogP contribution in [-0.4, -0.2) is 36.2 Å². The lowest BCUT2D eigenvalue weighted by molar-refractivity contribution is -0.178. The van der Waals surface area contributed by atoms with Gasteiger partial charge >= 0.3 is 17.9 Å². The van der Waals surface area contributed by atoms with Crippen molar-refractivity contribution in [2.24, 2.45) is 5.41 Å². The first kappa shape index (κ1) is 19.7. The van der Waals surface area contributed by atoms with Crippen LogP contribution in [0.25, 0.3) is 0 Å². The molecular formula is C18H24O6. The Morgan fingerprint density at radius 1 is 1.04 bits per heavy atom. The Morgan fingerprint density at radius 2 is 1.54 bits per heavy atom. The molecule has 0 saturated carbocycles. The molecule has 0 aliphatic heterocycles. The number of esters is 2. The summed E-state index contributed by atoms with van der Waals surface area (Å²) in [6, 6.07) is 6.79. The molecule has 0 aliphatic carbocycles. The summed E-state index contributed by atoms with van der Waals surface area (Å²) in [4.78, 5) is 37.4. The third kappa shape index (κ3) is 3.58. The standard InChI is InChI=1S/C18H24O6/c1-5-18(16(21)23-6-2,17(22)24-7-3)14(15(19)20)13-11-9-8-10-12(13)4/h8-11,14H,5-7H2,1-4H3,(H,19,20)/t14-/m1/s1. The van der Waals surface area contributed by atoms with Crippen molar-refractivity contribution in [3.05, 3.63) is 35.4 Å². The molecule has 132 valence electrons. The van der Waals surface area contributed by atoms with E-state index in [1.54, 1.807) is 52.0 Å². The number of carboxylic acids is 1. The molecule has 1 aromatic carbocycles. The topological polar surface area (TPSA) is 89.9 Å². The first-order valence-corrected chi connectivity index (χ1v) is 7.99. The predicted molar refractivity (Wildman–Crippen MR) is 87.5 cm³/mol. The van der Waals surface area contributed by atoms with Crippen LogP contribution in [0.3, 0.4) is 0 Å². The number of ether oxygens (including phenoxy) is 2. The van der Waals surface area contributed by atoms with Gasteiger partial charge in [-0.15, -0.1) is 0 Å². The van der Waals surface area contributed by atoms with Gasteiger partial charge in [0.1, 0.15) is 5.92 Å². The second-order valence-corrected chi connectivity index (χ2v) is 5.39. The van der Waals surface area contributed by atoms with Crippen molar-refractivity contribution in [3.8, 4) is 0 Å². The van der Waals surface area contributed by atoms with Gasteiger partial charge < -0.3 is 14.6 Å². The summed E-state index contributed by atoms with van der Waals surface area (Å²) in [6.07, 6.45) is -0.0457. The normalized spacial score (nSPS) is 12.3. The molecule has 0 heterocycles. The minimum atomic E-state index is -1.93. The number of hydrogen-bond donors (Lipinski definition) is 1. The Kier molecular flexibility index (Phi) is 6.95. The number of carbonyl (C=O) groups excluding carboxylic acids is 2. The number of carboxylic acid groups (broad SMARTS) is 1. The van der Waals surface area contributed by atoms with Gasteiger partial charge in [-0.25, -0.2) is 0 Å². The average Bonchev–Trinajstić information content (AvgIpc) is 2.53. The van der Waals surface area contributed by atoms with E-state index in [1.807, 2.05) is 0 Å². The molecule has 0 fully saturated rings. The fraction of sp³-hybridized carbons (Fsp3) is 0.500. The van der Waals surface area contributed by atoms with Crippen molar-refractivity contribution in [2.45, 2.75) is 40.0 Å². The highest BCUT2D eigenvalue weighted by Crippen LogP contribution is 2.43.